The van der Waals surface area contributed by atoms with E-state index in [1.165, 1.54) is 43.2 Å². The number of aromatic carboxylic acids is 1. The number of hydrogen-bond donors (Lipinski definition) is 1. The molecule has 1 N–H and O–H groups in total. The highest BCUT2D eigenvalue weighted by molar-refractivity contribution is 6.14. The van der Waals surface area contributed by atoms with Crippen molar-refractivity contribution in [1.82, 2.24) is 0 Å². The number of unbranched alkanes of at least 4 members (excludes halogenated alkanes) is 2. The highest BCUT2D eigenvalue weighted by Gasteiger charge is 2.40. The molecule has 0 aromatic heterocycles. The summed E-state index contributed by atoms with van der Waals surface area (Å²) in [6.45, 7) is 8.94. The van der Waals surface area contributed by atoms with Crippen LogP contribution in [0.25, 0.3) is 56.0 Å². The highest BCUT2D eigenvalue weighted by Crippen LogP contribution is 2.50. The highest BCUT2D eigenvalue weighted by atomic mass is 16.5. The molecule has 0 aliphatic carbocycles. The van der Waals surface area contributed by atoms with Crippen LogP contribution in [0.1, 0.15) is 88.6 Å². The predicted molar refractivity (Wildman–Crippen MR) is 282 cm³/mol. The van der Waals surface area contributed by atoms with Gasteiger partial charge in [-0.1, -0.05) is 165 Å². The first-order valence-electron chi connectivity index (χ1n) is 24.0. The van der Waals surface area contributed by atoms with E-state index in [0.717, 1.165) is 74.4 Å². The second kappa shape index (κ2) is 20.5. The molecule has 2 aliphatic heterocycles. The average Bonchev–Trinajstić information content (AvgIpc) is 3.41. The molecule has 2 aliphatic rings. The molecular weight excluding hydrogens is 855 g/mol. The molecule has 0 fully saturated rings. The van der Waals surface area contributed by atoms with E-state index in [2.05, 4.69) is 135 Å². The third kappa shape index (κ3) is 9.13. The minimum Gasteiger partial charge on any atom is -0.488 e. The van der Waals surface area contributed by atoms with E-state index in [0.29, 0.717) is 29.2 Å². The summed E-state index contributed by atoms with van der Waals surface area (Å²) in [5.74, 6) is 0.00324. The van der Waals surface area contributed by atoms with Crippen LogP contribution >= 0.6 is 0 Å². The summed E-state index contributed by atoms with van der Waals surface area (Å²) in [5.41, 5.74) is 9.89. The van der Waals surface area contributed by atoms with Gasteiger partial charge >= 0.3 is 11.9 Å². The number of carbonyl (C=O) groups is 2. The van der Waals surface area contributed by atoms with E-state index < -0.39 is 17.5 Å². The molecule has 69 heavy (non-hydrogen) atoms. The lowest BCUT2D eigenvalue weighted by Crippen LogP contribution is -2.35. The van der Waals surface area contributed by atoms with E-state index >= 15 is 0 Å². The Balaban J connectivity index is 0.000000291. The van der Waals surface area contributed by atoms with E-state index in [9.17, 15) is 14.7 Å². The normalized spacial score (nSPS) is 14.4. The van der Waals surface area contributed by atoms with Crippen LogP contribution in [0.4, 0.5) is 5.69 Å². The van der Waals surface area contributed by atoms with Gasteiger partial charge < -0.3 is 24.2 Å². The number of fused-ring (bicyclic) bond motifs is 6. The fourth-order valence-electron chi connectivity index (χ4n) is 9.77. The van der Waals surface area contributed by atoms with Crippen LogP contribution in [-0.2, 0) is 16.8 Å². The SMILES string of the molecule is CCCCCc1ccc(-c2ccc(-c3c(C(=O)OC)c4c(c5ccccc35)OC(c3ccccc3)(c3ccc(N(CC)CC)cc3)C=C4)cc2)cc1.O=C(O)c1cc2ccccc2c2c1C=CCO2. The van der Waals surface area contributed by atoms with E-state index in [1.54, 1.807) is 6.07 Å². The summed E-state index contributed by atoms with van der Waals surface area (Å²) in [4.78, 5) is 27.4. The Labute approximate surface area is 404 Å². The quantitative estimate of drug-likeness (QED) is 0.0911. The van der Waals surface area contributed by atoms with Crippen LogP contribution in [0.5, 0.6) is 11.5 Å². The largest absolute Gasteiger partial charge is 0.488 e. The molecule has 0 saturated carbocycles. The van der Waals surface area contributed by atoms with Crippen LogP contribution in [0, 0.1) is 0 Å². The van der Waals surface area contributed by atoms with Crippen molar-refractivity contribution in [3.8, 4) is 33.8 Å². The number of carbonyl (C=O) groups excluding carboxylic acids is 1. The van der Waals surface area contributed by atoms with Gasteiger partial charge in [0.25, 0.3) is 0 Å². The van der Waals surface area contributed by atoms with Gasteiger partial charge in [-0.25, -0.2) is 9.59 Å². The summed E-state index contributed by atoms with van der Waals surface area (Å²) in [6.07, 6.45) is 12.6. The Bertz CT molecular complexity index is 3190. The minimum absolute atomic E-state index is 0.287. The topological polar surface area (TPSA) is 85.3 Å². The van der Waals surface area contributed by atoms with E-state index in [-0.39, 0.29) is 5.56 Å². The Morgan fingerprint density at radius 1 is 0.652 bits per heavy atom. The molecule has 8 aromatic rings. The van der Waals surface area contributed by atoms with Crippen molar-refractivity contribution in [2.45, 2.75) is 52.1 Å². The molecule has 0 bridgehead atoms. The number of benzene rings is 8. The van der Waals surface area contributed by atoms with Crippen molar-refractivity contribution in [1.29, 1.82) is 0 Å². The maximum absolute atomic E-state index is 13.9. The fourth-order valence-corrected chi connectivity index (χ4v) is 9.77. The molecule has 1 unspecified atom stereocenters. The number of esters is 1. The second-order valence-electron chi connectivity index (χ2n) is 17.4. The van der Waals surface area contributed by atoms with Crippen LogP contribution in [0.15, 0.2) is 170 Å². The molecule has 0 amide bonds. The first kappa shape index (κ1) is 46.2. The lowest BCUT2D eigenvalue weighted by molar-refractivity contribution is 0.0599. The lowest BCUT2D eigenvalue weighted by Gasteiger charge is -2.37. The number of methoxy groups -OCH3 is 1. The third-order valence-corrected chi connectivity index (χ3v) is 13.4. The van der Waals surface area contributed by atoms with Gasteiger partial charge in [-0.15, -0.1) is 0 Å². The van der Waals surface area contributed by atoms with Gasteiger partial charge in [0.2, 0.25) is 0 Å². The molecule has 7 nitrogen and oxygen atoms in total. The summed E-state index contributed by atoms with van der Waals surface area (Å²) in [5, 5.41) is 12.9. The molecule has 0 spiro atoms. The Hall–Kier alpha value is -7.90. The zero-order valence-corrected chi connectivity index (χ0v) is 39.7. The van der Waals surface area contributed by atoms with Gasteiger partial charge in [-0.2, -0.15) is 0 Å². The fraction of sp³-hybridized carbons (Fsp3) is 0.194. The average molecular weight is 912 g/mol. The molecule has 1 atom stereocenters. The van der Waals surface area contributed by atoms with Gasteiger partial charge in [0.05, 0.1) is 18.2 Å². The maximum Gasteiger partial charge on any atom is 0.339 e. The number of carboxylic acids is 1. The summed E-state index contributed by atoms with van der Waals surface area (Å²) < 4.78 is 18.4. The standard InChI is InChI=1S/C48H47NO3.C14H10O3/c1-5-8-10-15-34-20-22-35(23-21-34)36-24-26-37(27-25-36)44-41-18-13-14-19-42(41)46-43(45(44)47(50)51-4)32-33-48(52-46,38-16-11-9-12-17-38)39-28-30-40(31-29-39)49(6-2)7-3;15-14(16)12-8-9-4-1-2-5-10(9)13-11(12)6-3-7-17-13/h9,11-14,16-33H,5-8,10,15H2,1-4H3;1-6,8H,7H2,(H,15,16). The first-order chi connectivity index (χ1) is 33.8. The molecule has 7 heteroatoms. The summed E-state index contributed by atoms with van der Waals surface area (Å²) >= 11 is 0. The maximum atomic E-state index is 13.9. The number of anilines is 1. The van der Waals surface area contributed by atoms with Crippen LogP contribution in [-0.4, -0.2) is 43.9 Å². The van der Waals surface area contributed by atoms with E-state index in [1.807, 2.05) is 66.7 Å². The van der Waals surface area contributed by atoms with Crippen molar-refractivity contribution >= 4 is 51.3 Å². The Morgan fingerprint density at radius 2 is 1.28 bits per heavy atom. The van der Waals surface area contributed by atoms with Crippen molar-refractivity contribution < 1.29 is 28.9 Å². The van der Waals surface area contributed by atoms with Gasteiger partial charge in [0.1, 0.15) is 18.1 Å². The molecule has 0 radical (unpaired) electrons. The number of carboxylic acid groups (broad SMARTS) is 1. The number of ether oxygens (including phenoxy) is 3. The summed E-state index contributed by atoms with van der Waals surface area (Å²) in [7, 11) is 1.45. The monoisotopic (exact) mass is 911 g/mol. The predicted octanol–water partition coefficient (Wildman–Crippen LogP) is 14.8. The first-order valence-corrected chi connectivity index (χ1v) is 24.0. The number of nitrogens with zero attached hydrogens (tertiary/aromatic N) is 1. The zero-order chi connectivity index (χ0) is 47.9. The zero-order valence-electron chi connectivity index (χ0n) is 39.7. The second-order valence-corrected chi connectivity index (χ2v) is 17.4. The number of rotatable bonds is 13. The molecule has 10 rings (SSSR count). The van der Waals surface area contributed by atoms with Gasteiger partial charge in [-0.05, 0) is 96.1 Å². The third-order valence-electron chi connectivity index (χ3n) is 13.4. The van der Waals surface area contributed by atoms with Crippen molar-refractivity contribution in [2.75, 3.05) is 31.7 Å². The van der Waals surface area contributed by atoms with Gasteiger partial charge in [0, 0.05) is 57.4 Å². The van der Waals surface area contributed by atoms with Crippen molar-refractivity contribution in [3.05, 3.63) is 209 Å². The Kier molecular flexibility index (Phi) is 13.8. The molecule has 346 valence electrons. The molecule has 2 heterocycles. The molecule has 0 saturated heterocycles. The van der Waals surface area contributed by atoms with Crippen LogP contribution in [0.3, 0.4) is 0 Å². The number of aryl methyl sites for hydroxylation is 1. The van der Waals surface area contributed by atoms with Crippen LogP contribution in [0.2, 0.25) is 0 Å². The minimum atomic E-state index is -0.929. The molecular formula is C62H57NO6. The van der Waals surface area contributed by atoms with Crippen molar-refractivity contribution in [2.24, 2.45) is 0 Å². The number of hydrogen-bond acceptors (Lipinski definition) is 6. The Morgan fingerprint density at radius 3 is 1.94 bits per heavy atom. The van der Waals surface area contributed by atoms with Gasteiger partial charge in [-0.3, -0.25) is 0 Å². The van der Waals surface area contributed by atoms with Gasteiger partial charge in [0.15, 0.2) is 5.60 Å². The summed E-state index contributed by atoms with van der Waals surface area (Å²) in [6, 6.07) is 54.0. The van der Waals surface area contributed by atoms with Crippen LogP contribution < -0.4 is 14.4 Å². The molecule has 8 aromatic carbocycles. The van der Waals surface area contributed by atoms with E-state index in [4.69, 9.17) is 14.2 Å². The van der Waals surface area contributed by atoms with Crippen molar-refractivity contribution in [3.63, 3.8) is 0 Å². The smallest absolute Gasteiger partial charge is 0.339 e. The lowest BCUT2D eigenvalue weighted by atomic mass is 9.81.